The Bertz CT molecular complexity index is 892. The minimum atomic E-state index is -0.0786. The number of nitrogens with one attached hydrogen (secondary N) is 1. The number of unbranched alkanes of at least 4 members (excludes halogenated alkanes) is 1. The van der Waals surface area contributed by atoms with E-state index in [1.165, 1.54) is 0 Å². The number of urea groups is 1. The zero-order valence-electron chi connectivity index (χ0n) is 16.1. The first-order valence-corrected chi connectivity index (χ1v) is 10.0. The van der Waals surface area contributed by atoms with Crippen molar-refractivity contribution in [3.8, 4) is 0 Å². The number of carbonyl (C=O) groups excluding carboxylic acids is 1. The second-order valence-corrected chi connectivity index (χ2v) is 7.20. The number of carbonyl (C=O) groups is 1. The summed E-state index contributed by atoms with van der Waals surface area (Å²) in [5.74, 6) is 0. The van der Waals surface area contributed by atoms with Crippen molar-refractivity contribution in [3.63, 3.8) is 0 Å². The molecule has 4 nitrogen and oxygen atoms in total. The Morgan fingerprint density at radius 3 is 2.54 bits per heavy atom. The molecule has 2 aromatic carbocycles. The van der Waals surface area contributed by atoms with Crippen LogP contribution in [0.1, 0.15) is 31.0 Å². The Morgan fingerprint density at radius 1 is 1.04 bits per heavy atom. The maximum absolute atomic E-state index is 12.9. The van der Waals surface area contributed by atoms with E-state index in [0.29, 0.717) is 19.6 Å². The van der Waals surface area contributed by atoms with Crippen LogP contribution in [0.5, 0.6) is 0 Å². The largest absolute Gasteiger partial charge is 0.345 e. The van der Waals surface area contributed by atoms with Gasteiger partial charge in [0.2, 0.25) is 0 Å². The van der Waals surface area contributed by atoms with E-state index in [2.05, 4.69) is 22.9 Å². The van der Waals surface area contributed by atoms with Crippen molar-refractivity contribution in [1.82, 2.24) is 9.47 Å². The lowest BCUT2D eigenvalue weighted by atomic mass is 10.2. The molecule has 3 aromatic rings. The molecule has 0 aliphatic carbocycles. The van der Waals surface area contributed by atoms with Gasteiger partial charge in [-0.05, 0) is 42.3 Å². The Hall–Kier alpha value is -2.72. The first-order chi connectivity index (χ1) is 13.7. The predicted octanol–water partition coefficient (Wildman–Crippen LogP) is 6.02. The molecule has 0 unspecified atom stereocenters. The maximum Gasteiger partial charge on any atom is 0.322 e. The summed E-state index contributed by atoms with van der Waals surface area (Å²) in [6.45, 7) is 4.08. The summed E-state index contributed by atoms with van der Waals surface area (Å²) in [4.78, 5) is 14.7. The van der Waals surface area contributed by atoms with Crippen LogP contribution in [0.2, 0.25) is 5.02 Å². The van der Waals surface area contributed by atoms with Crippen LogP contribution in [0, 0.1) is 0 Å². The topological polar surface area (TPSA) is 37.3 Å². The van der Waals surface area contributed by atoms with Gasteiger partial charge in [-0.3, -0.25) is 0 Å². The van der Waals surface area contributed by atoms with Crippen LogP contribution in [-0.4, -0.2) is 22.0 Å². The number of aromatic nitrogens is 1. The Kier molecular flexibility index (Phi) is 7.15. The highest BCUT2D eigenvalue weighted by Gasteiger charge is 2.16. The van der Waals surface area contributed by atoms with E-state index in [1.54, 1.807) is 0 Å². The molecule has 3 rings (SSSR count). The first-order valence-electron chi connectivity index (χ1n) is 9.65. The molecular weight excluding hydrogens is 370 g/mol. The van der Waals surface area contributed by atoms with Gasteiger partial charge < -0.3 is 14.8 Å². The second kappa shape index (κ2) is 10.00. The molecule has 0 radical (unpaired) electrons. The summed E-state index contributed by atoms with van der Waals surface area (Å²) in [5.41, 5.74) is 2.95. The third-order valence-corrected chi connectivity index (χ3v) is 5.04. The number of halogens is 1. The van der Waals surface area contributed by atoms with Gasteiger partial charge in [-0.1, -0.05) is 61.3 Å². The van der Waals surface area contributed by atoms with Crippen molar-refractivity contribution in [1.29, 1.82) is 0 Å². The fourth-order valence-electron chi connectivity index (χ4n) is 3.08. The number of nitrogens with zero attached hydrogens (tertiary/aromatic N) is 2. The number of amides is 2. The van der Waals surface area contributed by atoms with E-state index in [9.17, 15) is 4.79 Å². The molecule has 0 atom stereocenters. The lowest BCUT2D eigenvalue weighted by molar-refractivity contribution is 0.207. The SMILES string of the molecule is CCCCN(Cc1cccn1Cc1ccccc1Cl)C(=O)Nc1ccccc1. The second-order valence-electron chi connectivity index (χ2n) is 6.79. The Labute approximate surface area is 171 Å². The van der Waals surface area contributed by atoms with Gasteiger partial charge in [-0.2, -0.15) is 0 Å². The fourth-order valence-corrected chi connectivity index (χ4v) is 3.27. The van der Waals surface area contributed by atoms with Crippen LogP contribution >= 0.6 is 11.6 Å². The number of hydrogen-bond donors (Lipinski definition) is 1. The van der Waals surface area contributed by atoms with E-state index in [1.807, 2.05) is 71.8 Å². The molecule has 5 heteroatoms. The molecule has 0 bridgehead atoms. The summed E-state index contributed by atoms with van der Waals surface area (Å²) in [7, 11) is 0. The molecule has 0 aliphatic rings. The van der Waals surface area contributed by atoms with Crippen LogP contribution in [0.4, 0.5) is 10.5 Å². The molecule has 0 aliphatic heterocycles. The first kappa shape index (κ1) is 20.0. The zero-order valence-corrected chi connectivity index (χ0v) is 16.9. The summed E-state index contributed by atoms with van der Waals surface area (Å²) in [6, 6.07) is 21.4. The smallest absolute Gasteiger partial charge is 0.322 e. The summed E-state index contributed by atoms with van der Waals surface area (Å²) in [6.07, 6.45) is 4.04. The average Bonchev–Trinajstić information content (AvgIpc) is 3.14. The highest BCUT2D eigenvalue weighted by molar-refractivity contribution is 6.31. The molecular formula is C23H26ClN3O. The van der Waals surface area contributed by atoms with Gasteiger partial charge in [0, 0.05) is 35.7 Å². The lowest BCUT2D eigenvalue weighted by Crippen LogP contribution is -2.35. The molecule has 1 aromatic heterocycles. The van der Waals surface area contributed by atoms with Gasteiger partial charge in [0.1, 0.15) is 0 Å². The van der Waals surface area contributed by atoms with E-state index < -0.39 is 0 Å². The molecule has 0 spiro atoms. The van der Waals surface area contributed by atoms with Crippen LogP contribution in [-0.2, 0) is 13.1 Å². The maximum atomic E-state index is 12.9. The Balaban J connectivity index is 1.73. The lowest BCUT2D eigenvalue weighted by Gasteiger charge is -2.24. The van der Waals surface area contributed by atoms with Crippen molar-refractivity contribution in [2.45, 2.75) is 32.9 Å². The minimum Gasteiger partial charge on any atom is -0.345 e. The van der Waals surface area contributed by atoms with E-state index in [-0.39, 0.29) is 6.03 Å². The number of anilines is 1. The highest BCUT2D eigenvalue weighted by Crippen LogP contribution is 2.18. The van der Waals surface area contributed by atoms with Crippen molar-refractivity contribution in [2.24, 2.45) is 0 Å². The van der Waals surface area contributed by atoms with Gasteiger partial charge in [-0.25, -0.2) is 4.79 Å². The third kappa shape index (κ3) is 5.40. The van der Waals surface area contributed by atoms with E-state index in [4.69, 9.17) is 11.6 Å². The van der Waals surface area contributed by atoms with Crippen LogP contribution in [0.3, 0.4) is 0 Å². The van der Waals surface area contributed by atoms with Crippen molar-refractivity contribution in [3.05, 3.63) is 89.2 Å². The number of benzene rings is 2. The van der Waals surface area contributed by atoms with Crippen molar-refractivity contribution < 1.29 is 4.79 Å². The van der Waals surface area contributed by atoms with E-state index in [0.717, 1.165) is 34.8 Å². The zero-order chi connectivity index (χ0) is 19.8. The normalized spacial score (nSPS) is 10.6. The number of para-hydroxylation sites is 1. The number of rotatable bonds is 8. The van der Waals surface area contributed by atoms with Gasteiger partial charge in [0.05, 0.1) is 6.54 Å². The van der Waals surface area contributed by atoms with Crippen molar-refractivity contribution in [2.75, 3.05) is 11.9 Å². The highest BCUT2D eigenvalue weighted by atomic mass is 35.5. The van der Waals surface area contributed by atoms with E-state index >= 15 is 0 Å². The van der Waals surface area contributed by atoms with Gasteiger partial charge in [0.25, 0.3) is 0 Å². The number of hydrogen-bond acceptors (Lipinski definition) is 1. The standard InChI is InChI=1S/C23H26ClN3O/c1-2-3-15-27(23(28)25-20-11-5-4-6-12-20)18-21-13-9-16-26(21)17-19-10-7-8-14-22(19)24/h4-14,16H,2-3,15,17-18H2,1H3,(H,25,28). The van der Waals surface area contributed by atoms with Gasteiger partial charge >= 0.3 is 6.03 Å². The van der Waals surface area contributed by atoms with Gasteiger partial charge in [0.15, 0.2) is 0 Å². The van der Waals surface area contributed by atoms with Crippen LogP contribution in [0.25, 0.3) is 0 Å². The van der Waals surface area contributed by atoms with Crippen molar-refractivity contribution >= 4 is 23.3 Å². The molecule has 1 heterocycles. The molecule has 146 valence electrons. The van der Waals surface area contributed by atoms with Gasteiger partial charge in [-0.15, -0.1) is 0 Å². The predicted molar refractivity (Wildman–Crippen MR) is 116 cm³/mol. The summed E-state index contributed by atoms with van der Waals surface area (Å²) in [5, 5.41) is 3.75. The molecule has 2 amide bonds. The molecule has 0 saturated carbocycles. The average molecular weight is 396 g/mol. The molecule has 0 saturated heterocycles. The molecule has 28 heavy (non-hydrogen) atoms. The molecule has 1 N–H and O–H groups in total. The van der Waals surface area contributed by atoms with Crippen LogP contribution < -0.4 is 5.32 Å². The Morgan fingerprint density at radius 2 is 1.79 bits per heavy atom. The summed E-state index contributed by atoms with van der Waals surface area (Å²) < 4.78 is 2.15. The minimum absolute atomic E-state index is 0.0786. The monoisotopic (exact) mass is 395 g/mol. The fraction of sp³-hybridized carbons (Fsp3) is 0.261. The third-order valence-electron chi connectivity index (χ3n) is 4.67. The summed E-state index contributed by atoms with van der Waals surface area (Å²) >= 11 is 6.32. The molecule has 0 fully saturated rings. The van der Waals surface area contributed by atoms with Crippen LogP contribution in [0.15, 0.2) is 72.9 Å². The quantitative estimate of drug-likeness (QED) is 0.497.